The van der Waals surface area contributed by atoms with Crippen LogP contribution in [0.3, 0.4) is 0 Å². The smallest absolute Gasteiger partial charge is 0.126 e. The molecule has 1 heterocycles. The van der Waals surface area contributed by atoms with E-state index in [2.05, 4.69) is 26.2 Å². The Morgan fingerprint density at radius 2 is 2.38 bits per heavy atom. The normalized spacial score (nSPS) is 12.6. The summed E-state index contributed by atoms with van der Waals surface area (Å²) < 4.78 is 0.995. The Balaban J connectivity index is 2.63. The minimum atomic E-state index is -0.356. The quantitative estimate of drug-likeness (QED) is 0.855. The van der Waals surface area contributed by atoms with Crippen LogP contribution in [-0.2, 0) is 0 Å². The number of aryl methyl sites for hydroxylation is 1. The van der Waals surface area contributed by atoms with Gasteiger partial charge in [0, 0.05) is 17.2 Å². The molecule has 1 aromatic rings. The van der Waals surface area contributed by atoms with Gasteiger partial charge in [-0.25, -0.2) is 4.98 Å². The Hall–Kier alpha value is -0.610. The Kier molecular flexibility index (Phi) is 3.69. The third-order valence-corrected chi connectivity index (χ3v) is 2.46. The molecule has 0 amide bonds. The summed E-state index contributed by atoms with van der Waals surface area (Å²) in [5.41, 5.74) is 1.13. The van der Waals surface area contributed by atoms with Crippen molar-refractivity contribution >= 4 is 21.7 Å². The van der Waals surface area contributed by atoms with Gasteiger partial charge in [-0.2, -0.15) is 0 Å². The third-order valence-electron chi connectivity index (χ3n) is 1.63. The molecule has 0 aliphatic rings. The summed E-state index contributed by atoms with van der Waals surface area (Å²) in [6, 6.07) is 1.94. The van der Waals surface area contributed by atoms with Gasteiger partial charge < -0.3 is 10.4 Å². The van der Waals surface area contributed by atoms with Crippen molar-refractivity contribution in [1.82, 2.24) is 4.98 Å². The first-order chi connectivity index (χ1) is 6.09. The molecule has 0 spiro atoms. The van der Waals surface area contributed by atoms with Crippen molar-refractivity contribution < 1.29 is 5.11 Å². The second-order valence-electron chi connectivity index (χ2n) is 3.05. The number of nitrogens with zero attached hydrogens (tertiary/aromatic N) is 1. The van der Waals surface area contributed by atoms with Gasteiger partial charge >= 0.3 is 0 Å². The second kappa shape index (κ2) is 4.58. The average molecular weight is 245 g/mol. The van der Waals surface area contributed by atoms with Gasteiger partial charge in [0.25, 0.3) is 0 Å². The first-order valence-corrected chi connectivity index (χ1v) is 4.93. The number of halogens is 1. The zero-order chi connectivity index (χ0) is 9.84. The fourth-order valence-electron chi connectivity index (χ4n) is 0.888. The number of anilines is 1. The van der Waals surface area contributed by atoms with Crippen molar-refractivity contribution in [2.75, 3.05) is 11.9 Å². The molecule has 0 aliphatic carbocycles. The molecule has 0 aliphatic heterocycles. The lowest BCUT2D eigenvalue weighted by atomic mass is 10.3. The van der Waals surface area contributed by atoms with Gasteiger partial charge in [0.1, 0.15) is 5.82 Å². The molecule has 3 nitrogen and oxygen atoms in total. The molecule has 0 aromatic carbocycles. The van der Waals surface area contributed by atoms with E-state index in [-0.39, 0.29) is 6.10 Å². The van der Waals surface area contributed by atoms with Crippen molar-refractivity contribution in [1.29, 1.82) is 0 Å². The molecule has 2 N–H and O–H groups in total. The van der Waals surface area contributed by atoms with Crippen LogP contribution in [0.2, 0.25) is 0 Å². The van der Waals surface area contributed by atoms with Gasteiger partial charge in [0.05, 0.1) is 6.10 Å². The predicted octanol–water partition coefficient (Wildman–Crippen LogP) is 1.95. The molecule has 0 unspecified atom stereocenters. The SMILES string of the molecule is Cc1cc(NC[C@@H](C)O)ncc1Br. The van der Waals surface area contributed by atoms with Gasteiger partial charge in [0.2, 0.25) is 0 Å². The topological polar surface area (TPSA) is 45.1 Å². The van der Waals surface area contributed by atoms with Gasteiger partial charge in [-0.05, 0) is 41.4 Å². The van der Waals surface area contributed by atoms with Crippen molar-refractivity contribution in [2.24, 2.45) is 0 Å². The fourth-order valence-corrected chi connectivity index (χ4v) is 1.11. The van der Waals surface area contributed by atoms with E-state index in [1.54, 1.807) is 13.1 Å². The van der Waals surface area contributed by atoms with Gasteiger partial charge in [-0.15, -0.1) is 0 Å². The third kappa shape index (κ3) is 3.32. The molecule has 1 aromatic heterocycles. The van der Waals surface area contributed by atoms with E-state index < -0.39 is 0 Å². The predicted molar refractivity (Wildman–Crippen MR) is 56.8 cm³/mol. The molecule has 1 rings (SSSR count). The first-order valence-electron chi connectivity index (χ1n) is 4.13. The Morgan fingerprint density at radius 3 is 2.92 bits per heavy atom. The Bertz CT molecular complexity index is 289. The number of aliphatic hydroxyl groups excluding tert-OH is 1. The first kappa shape index (κ1) is 10.5. The zero-order valence-corrected chi connectivity index (χ0v) is 9.30. The molecule has 0 saturated carbocycles. The van der Waals surface area contributed by atoms with Gasteiger partial charge in [-0.3, -0.25) is 0 Å². The highest BCUT2D eigenvalue weighted by Gasteiger charge is 1.99. The molecule has 0 bridgehead atoms. The fraction of sp³-hybridized carbons (Fsp3) is 0.444. The molecule has 72 valence electrons. The molecule has 0 saturated heterocycles. The van der Waals surface area contributed by atoms with Crippen LogP contribution in [0.1, 0.15) is 12.5 Å². The largest absolute Gasteiger partial charge is 0.392 e. The maximum absolute atomic E-state index is 9.04. The number of rotatable bonds is 3. The summed E-state index contributed by atoms with van der Waals surface area (Å²) in [6.45, 7) is 4.26. The molecular formula is C9H13BrN2O. The van der Waals surface area contributed by atoms with E-state index >= 15 is 0 Å². The van der Waals surface area contributed by atoms with Gasteiger partial charge in [-0.1, -0.05) is 0 Å². The average Bonchev–Trinajstić information content (AvgIpc) is 2.07. The molecule has 0 fully saturated rings. The lowest BCUT2D eigenvalue weighted by Gasteiger charge is -2.08. The van der Waals surface area contributed by atoms with Crippen molar-refractivity contribution in [3.8, 4) is 0 Å². The van der Waals surface area contributed by atoms with Crippen LogP contribution in [0.15, 0.2) is 16.7 Å². The number of hydrogen-bond donors (Lipinski definition) is 2. The highest BCUT2D eigenvalue weighted by atomic mass is 79.9. The number of pyridine rings is 1. The van der Waals surface area contributed by atoms with Crippen LogP contribution >= 0.6 is 15.9 Å². The standard InChI is InChI=1S/C9H13BrN2O/c1-6-3-9(11-4-7(2)13)12-5-8(6)10/h3,5,7,13H,4H2,1-2H3,(H,11,12)/t7-/m1/s1. The lowest BCUT2D eigenvalue weighted by molar-refractivity contribution is 0.208. The molecule has 0 radical (unpaired) electrons. The summed E-state index contributed by atoms with van der Waals surface area (Å²) in [5.74, 6) is 0.793. The van der Waals surface area contributed by atoms with Crippen LogP contribution in [-0.4, -0.2) is 22.7 Å². The minimum absolute atomic E-state index is 0.356. The molecular weight excluding hydrogens is 232 g/mol. The van der Waals surface area contributed by atoms with E-state index in [1.807, 2.05) is 13.0 Å². The summed E-state index contributed by atoms with van der Waals surface area (Å²) in [6.07, 6.45) is 1.39. The van der Waals surface area contributed by atoms with Crippen molar-refractivity contribution in [3.05, 3.63) is 22.3 Å². The second-order valence-corrected chi connectivity index (χ2v) is 3.90. The summed E-state index contributed by atoms with van der Waals surface area (Å²) in [5, 5.41) is 12.1. The summed E-state index contributed by atoms with van der Waals surface area (Å²) in [7, 11) is 0. The summed E-state index contributed by atoms with van der Waals surface area (Å²) in [4.78, 5) is 4.14. The van der Waals surface area contributed by atoms with E-state index in [1.165, 1.54) is 0 Å². The monoisotopic (exact) mass is 244 g/mol. The van der Waals surface area contributed by atoms with Crippen molar-refractivity contribution in [2.45, 2.75) is 20.0 Å². The summed E-state index contributed by atoms with van der Waals surface area (Å²) >= 11 is 3.37. The van der Waals surface area contributed by atoms with Crippen LogP contribution < -0.4 is 5.32 Å². The maximum Gasteiger partial charge on any atom is 0.126 e. The van der Waals surface area contributed by atoms with E-state index in [0.29, 0.717) is 6.54 Å². The number of aliphatic hydroxyl groups is 1. The zero-order valence-electron chi connectivity index (χ0n) is 7.71. The maximum atomic E-state index is 9.04. The highest BCUT2D eigenvalue weighted by Crippen LogP contribution is 2.16. The van der Waals surface area contributed by atoms with Crippen LogP contribution in [0.25, 0.3) is 0 Å². The molecule has 4 heteroatoms. The van der Waals surface area contributed by atoms with Crippen molar-refractivity contribution in [3.63, 3.8) is 0 Å². The van der Waals surface area contributed by atoms with E-state index in [0.717, 1.165) is 15.9 Å². The lowest BCUT2D eigenvalue weighted by Crippen LogP contribution is -2.15. The van der Waals surface area contributed by atoms with Crippen LogP contribution in [0.5, 0.6) is 0 Å². The molecule has 13 heavy (non-hydrogen) atoms. The van der Waals surface area contributed by atoms with E-state index in [9.17, 15) is 0 Å². The number of nitrogens with one attached hydrogen (secondary N) is 1. The Labute approximate surface area is 86.3 Å². The molecule has 1 atom stereocenters. The van der Waals surface area contributed by atoms with E-state index in [4.69, 9.17) is 5.11 Å². The Morgan fingerprint density at radius 1 is 1.69 bits per heavy atom. The highest BCUT2D eigenvalue weighted by molar-refractivity contribution is 9.10. The van der Waals surface area contributed by atoms with Crippen LogP contribution in [0.4, 0.5) is 5.82 Å². The number of aromatic nitrogens is 1. The number of hydrogen-bond acceptors (Lipinski definition) is 3. The van der Waals surface area contributed by atoms with Crippen LogP contribution in [0, 0.1) is 6.92 Å². The minimum Gasteiger partial charge on any atom is -0.392 e. The van der Waals surface area contributed by atoms with Gasteiger partial charge in [0.15, 0.2) is 0 Å².